The van der Waals surface area contributed by atoms with Gasteiger partial charge in [0.25, 0.3) is 0 Å². The molecule has 3 rings (SSSR count). The van der Waals surface area contributed by atoms with Crippen molar-refractivity contribution in [3.8, 4) is 10.6 Å². The van der Waals surface area contributed by atoms with E-state index in [0.717, 1.165) is 17.7 Å². The molecule has 0 bridgehead atoms. The molecule has 8 heteroatoms. The van der Waals surface area contributed by atoms with Crippen LogP contribution in [-0.2, 0) is 17.4 Å². The van der Waals surface area contributed by atoms with Gasteiger partial charge in [0.05, 0.1) is 17.7 Å². The van der Waals surface area contributed by atoms with Crippen LogP contribution in [0.5, 0.6) is 0 Å². The summed E-state index contributed by atoms with van der Waals surface area (Å²) in [6, 6.07) is 10.0. The monoisotopic (exact) mass is 410 g/mol. The fourth-order valence-electron chi connectivity index (χ4n) is 2.36. The molecule has 0 aliphatic heterocycles. The van der Waals surface area contributed by atoms with Crippen molar-refractivity contribution in [1.29, 1.82) is 0 Å². The van der Waals surface area contributed by atoms with Crippen molar-refractivity contribution in [3.63, 3.8) is 0 Å². The van der Waals surface area contributed by atoms with Gasteiger partial charge in [-0.2, -0.15) is 13.2 Å². The molecule has 1 aromatic heterocycles. The average molecular weight is 411 g/mol. The molecule has 2 aromatic carbocycles. The van der Waals surface area contributed by atoms with E-state index < -0.39 is 11.7 Å². The molecule has 0 aliphatic rings. The summed E-state index contributed by atoms with van der Waals surface area (Å²) in [4.78, 5) is 16.5. The van der Waals surface area contributed by atoms with Gasteiger partial charge in [-0.25, -0.2) is 4.98 Å². The molecular formula is C19H14ClF3N2OS. The number of carbonyl (C=O) groups is 1. The van der Waals surface area contributed by atoms with Crippen LogP contribution in [0.3, 0.4) is 0 Å². The molecule has 0 spiro atoms. The summed E-state index contributed by atoms with van der Waals surface area (Å²) in [7, 11) is 0. The Bertz CT molecular complexity index is 968. The third-order valence-electron chi connectivity index (χ3n) is 3.81. The standard InChI is InChI=1S/C19H14ClF3N2OS/c1-11-2-7-14(8-16(11)20)24-17(26)9-15-10-27-18(25-15)12-3-5-13(6-4-12)19(21,22)23/h2-8,10H,9H2,1H3,(H,24,26). The van der Waals surface area contributed by atoms with Crippen LogP contribution in [-0.4, -0.2) is 10.9 Å². The fourth-order valence-corrected chi connectivity index (χ4v) is 3.37. The summed E-state index contributed by atoms with van der Waals surface area (Å²) in [5, 5.41) is 5.59. The molecule has 0 saturated carbocycles. The van der Waals surface area contributed by atoms with Crippen molar-refractivity contribution >= 4 is 34.5 Å². The molecule has 0 radical (unpaired) electrons. The zero-order valence-corrected chi connectivity index (χ0v) is 15.7. The molecule has 3 aromatic rings. The number of nitrogens with one attached hydrogen (secondary N) is 1. The zero-order chi connectivity index (χ0) is 19.6. The van der Waals surface area contributed by atoms with Gasteiger partial charge >= 0.3 is 6.18 Å². The lowest BCUT2D eigenvalue weighted by Crippen LogP contribution is -2.14. The number of hydrogen-bond donors (Lipinski definition) is 1. The second-order valence-electron chi connectivity index (χ2n) is 5.91. The number of amides is 1. The van der Waals surface area contributed by atoms with Crippen LogP contribution in [0.25, 0.3) is 10.6 Å². The second-order valence-corrected chi connectivity index (χ2v) is 7.17. The summed E-state index contributed by atoms with van der Waals surface area (Å²) in [6.07, 6.45) is -4.31. The lowest BCUT2D eigenvalue weighted by molar-refractivity contribution is -0.137. The highest BCUT2D eigenvalue weighted by molar-refractivity contribution is 7.13. The van der Waals surface area contributed by atoms with E-state index in [1.54, 1.807) is 17.5 Å². The van der Waals surface area contributed by atoms with E-state index in [1.165, 1.54) is 23.5 Å². The number of aromatic nitrogens is 1. The van der Waals surface area contributed by atoms with Gasteiger partial charge in [0, 0.05) is 21.7 Å². The number of thiazole rings is 1. The molecule has 0 saturated heterocycles. The van der Waals surface area contributed by atoms with E-state index >= 15 is 0 Å². The first-order chi connectivity index (χ1) is 12.7. The van der Waals surface area contributed by atoms with Gasteiger partial charge in [-0.05, 0) is 36.8 Å². The number of alkyl halides is 3. The Labute approximate surface area is 162 Å². The first-order valence-corrected chi connectivity index (χ1v) is 9.16. The van der Waals surface area contributed by atoms with Gasteiger partial charge in [0.1, 0.15) is 5.01 Å². The van der Waals surface area contributed by atoms with Crippen LogP contribution in [0.15, 0.2) is 47.8 Å². The van der Waals surface area contributed by atoms with Crippen molar-refractivity contribution in [2.45, 2.75) is 19.5 Å². The molecule has 140 valence electrons. The first kappa shape index (κ1) is 19.4. The van der Waals surface area contributed by atoms with Crippen LogP contribution in [0.4, 0.5) is 18.9 Å². The number of carbonyl (C=O) groups excluding carboxylic acids is 1. The Kier molecular flexibility index (Phi) is 5.53. The number of rotatable bonds is 4. The van der Waals surface area contributed by atoms with Crippen LogP contribution < -0.4 is 5.32 Å². The third-order valence-corrected chi connectivity index (χ3v) is 5.16. The predicted molar refractivity (Wildman–Crippen MR) is 101 cm³/mol. The minimum atomic E-state index is -4.37. The lowest BCUT2D eigenvalue weighted by Gasteiger charge is -2.06. The summed E-state index contributed by atoms with van der Waals surface area (Å²) in [6.45, 7) is 1.87. The van der Waals surface area contributed by atoms with Crippen molar-refractivity contribution < 1.29 is 18.0 Å². The molecule has 0 atom stereocenters. The minimum Gasteiger partial charge on any atom is -0.326 e. The Morgan fingerprint density at radius 2 is 1.89 bits per heavy atom. The Morgan fingerprint density at radius 1 is 1.19 bits per heavy atom. The Hall–Kier alpha value is -2.38. The maximum absolute atomic E-state index is 12.6. The number of benzene rings is 2. The van der Waals surface area contributed by atoms with Gasteiger partial charge < -0.3 is 5.32 Å². The van der Waals surface area contributed by atoms with Crippen LogP contribution in [0.1, 0.15) is 16.8 Å². The van der Waals surface area contributed by atoms with Crippen molar-refractivity contribution in [3.05, 3.63) is 69.7 Å². The van der Waals surface area contributed by atoms with Gasteiger partial charge in [-0.3, -0.25) is 4.79 Å². The fraction of sp³-hybridized carbons (Fsp3) is 0.158. The number of hydrogen-bond acceptors (Lipinski definition) is 3. The lowest BCUT2D eigenvalue weighted by atomic mass is 10.1. The van der Waals surface area contributed by atoms with E-state index in [2.05, 4.69) is 10.3 Å². The molecule has 0 aliphatic carbocycles. The van der Waals surface area contributed by atoms with Gasteiger partial charge in [0.2, 0.25) is 5.91 Å². The topological polar surface area (TPSA) is 42.0 Å². The highest BCUT2D eigenvalue weighted by Gasteiger charge is 2.30. The molecule has 3 nitrogen and oxygen atoms in total. The third kappa shape index (κ3) is 4.87. The predicted octanol–water partition coefficient (Wildman–Crippen LogP) is 5.97. The highest BCUT2D eigenvalue weighted by Crippen LogP contribution is 2.31. The quantitative estimate of drug-likeness (QED) is 0.575. The molecular weight excluding hydrogens is 397 g/mol. The zero-order valence-electron chi connectivity index (χ0n) is 14.1. The van der Waals surface area contributed by atoms with E-state index in [-0.39, 0.29) is 12.3 Å². The molecule has 0 fully saturated rings. The van der Waals surface area contributed by atoms with Crippen molar-refractivity contribution in [2.75, 3.05) is 5.32 Å². The molecule has 1 amide bonds. The van der Waals surface area contributed by atoms with Gasteiger partial charge in [-0.1, -0.05) is 29.8 Å². The Morgan fingerprint density at radius 3 is 2.52 bits per heavy atom. The minimum absolute atomic E-state index is 0.0582. The highest BCUT2D eigenvalue weighted by atomic mass is 35.5. The van der Waals surface area contributed by atoms with Crippen LogP contribution in [0.2, 0.25) is 5.02 Å². The SMILES string of the molecule is Cc1ccc(NC(=O)Cc2csc(-c3ccc(C(F)(F)F)cc3)n2)cc1Cl. The van der Waals surface area contributed by atoms with Gasteiger partial charge in [-0.15, -0.1) is 11.3 Å². The summed E-state index contributed by atoms with van der Waals surface area (Å²) in [5.41, 5.74) is 1.92. The van der Waals surface area contributed by atoms with Gasteiger partial charge in [0.15, 0.2) is 0 Å². The number of nitrogens with zero attached hydrogens (tertiary/aromatic N) is 1. The van der Waals surface area contributed by atoms with E-state index in [4.69, 9.17) is 11.6 Å². The Balaban J connectivity index is 1.66. The van der Waals surface area contributed by atoms with Crippen LogP contribution >= 0.6 is 22.9 Å². The smallest absolute Gasteiger partial charge is 0.326 e. The molecule has 1 heterocycles. The summed E-state index contributed by atoms with van der Waals surface area (Å²) in [5.74, 6) is -0.251. The van der Waals surface area contributed by atoms with Crippen molar-refractivity contribution in [1.82, 2.24) is 4.98 Å². The summed E-state index contributed by atoms with van der Waals surface area (Å²) >= 11 is 7.31. The number of anilines is 1. The van der Waals surface area contributed by atoms with E-state index in [1.807, 2.05) is 13.0 Å². The second kappa shape index (κ2) is 7.70. The van der Waals surface area contributed by atoms with E-state index in [0.29, 0.717) is 27.0 Å². The largest absolute Gasteiger partial charge is 0.416 e. The maximum atomic E-state index is 12.6. The number of aryl methyl sites for hydroxylation is 1. The summed E-state index contributed by atoms with van der Waals surface area (Å²) < 4.78 is 37.9. The van der Waals surface area contributed by atoms with E-state index in [9.17, 15) is 18.0 Å². The molecule has 1 N–H and O–H groups in total. The molecule has 0 unspecified atom stereocenters. The van der Waals surface area contributed by atoms with Crippen LogP contribution in [0, 0.1) is 6.92 Å². The first-order valence-electron chi connectivity index (χ1n) is 7.90. The molecule has 27 heavy (non-hydrogen) atoms. The normalized spacial score (nSPS) is 11.4. The maximum Gasteiger partial charge on any atom is 0.416 e. The average Bonchev–Trinajstić information content (AvgIpc) is 3.06. The number of halogens is 4. The van der Waals surface area contributed by atoms with Crippen molar-refractivity contribution in [2.24, 2.45) is 0 Å².